The first-order chi connectivity index (χ1) is 9.13. The van der Waals surface area contributed by atoms with Gasteiger partial charge in [-0.1, -0.05) is 19.8 Å². The zero-order chi connectivity index (χ0) is 14.1. The maximum absolute atomic E-state index is 3.61. The average Bonchev–Trinajstić information content (AvgIpc) is 2.38. The van der Waals surface area contributed by atoms with Gasteiger partial charge < -0.3 is 10.2 Å². The summed E-state index contributed by atoms with van der Waals surface area (Å²) in [6, 6.07) is 0.696. The average molecular weight is 269 g/mol. The Morgan fingerprint density at radius 1 is 1.21 bits per heavy atom. The molecule has 1 N–H and O–H groups in total. The van der Waals surface area contributed by atoms with E-state index in [1.165, 1.54) is 58.3 Å². The summed E-state index contributed by atoms with van der Waals surface area (Å²) in [6.45, 7) is 10.8. The van der Waals surface area contributed by atoms with E-state index in [2.05, 4.69) is 43.1 Å². The predicted octanol–water partition coefficient (Wildman–Crippen LogP) is 2.43. The number of nitrogens with one attached hydrogen (secondary N) is 1. The number of likely N-dealkylation sites (tertiary alicyclic amines) is 1. The molecule has 0 aromatic rings. The largest absolute Gasteiger partial charge is 0.315 e. The molecule has 114 valence electrons. The Kier molecular flexibility index (Phi) is 8.67. The van der Waals surface area contributed by atoms with Gasteiger partial charge in [0.05, 0.1) is 0 Å². The molecule has 1 atom stereocenters. The van der Waals surface area contributed by atoms with Gasteiger partial charge in [0.15, 0.2) is 0 Å². The number of piperidine rings is 1. The number of hydrogen-bond acceptors (Lipinski definition) is 3. The molecule has 1 aliphatic rings. The molecule has 1 heterocycles. The summed E-state index contributed by atoms with van der Waals surface area (Å²) in [7, 11) is 4.38. The normalized spacial score (nSPS) is 20.1. The molecule has 0 amide bonds. The van der Waals surface area contributed by atoms with Gasteiger partial charge in [0.2, 0.25) is 0 Å². The van der Waals surface area contributed by atoms with Crippen LogP contribution in [0, 0.1) is 5.92 Å². The first-order valence-electron chi connectivity index (χ1n) is 8.23. The predicted molar refractivity (Wildman–Crippen MR) is 84.7 cm³/mol. The highest BCUT2D eigenvalue weighted by molar-refractivity contribution is 4.78. The lowest BCUT2D eigenvalue weighted by Crippen LogP contribution is -2.45. The molecule has 19 heavy (non-hydrogen) atoms. The molecular weight excluding hydrogens is 234 g/mol. The fraction of sp³-hybridized carbons (Fsp3) is 1.00. The van der Waals surface area contributed by atoms with Crippen LogP contribution < -0.4 is 5.32 Å². The van der Waals surface area contributed by atoms with E-state index >= 15 is 0 Å². The Morgan fingerprint density at radius 3 is 2.47 bits per heavy atom. The molecule has 0 bridgehead atoms. The summed E-state index contributed by atoms with van der Waals surface area (Å²) < 4.78 is 0. The summed E-state index contributed by atoms with van der Waals surface area (Å²) in [5.41, 5.74) is 0. The highest BCUT2D eigenvalue weighted by Gasteiger charge is 2.22. The monoisotopic (exact) mass is 269 g/mol. The highest BCUT2D eigenvalue weighted by atomic mass is 15.2. The molecule has 1 saturated heterocycles. The molecule has 0 aliphatic carbocycles. The molecule has 0 spiro atoms. The zero-order valence-corrected chi connectivity index (χ0v) is 13.6. The molecule has 1 fully saturated rings. The molecule has 1 rings (SSSR count). The van der Waals surface area contributed by atoms with Crippen molar-refractivity contribution in [2.75, 3.05) is 46.8 Å². The van der Waals surface area contributed by atoms with Crippen LogP contribution in [-0.4, -0.2) is 62.7 Å². The van der Waals surface area contributed by atoms with Gasteiger partial charge in [0.1, 0.15) is 0 Å². The van der Waals surface area contributed by atoms with Crippen LogP contribution in [0.4, 0.5) is 0 Å². The second kappa shape index (κ2) is 9.73. The third-order valence-electron chi connectivity index (χ3n) is 4.29. The van der Waals surface area contributed by atoms with Crippen molar-refractivity contribution in [1.29, 1.82) is 0 Å². The van der Waals surface area contributed by atoms with E-state index in [1.807, 2.05) is 0 Å². The van der Waals surface area contributed by atoms with Crippen molar-refractivity contribution in [3.63, 3.8) is 0 Å². The van der Waals surface area contributed by atoms with Crippen molar-refractivity contribution in [3.05, 3.63) is 0 Å². The summed E-state index contributed by atoms with van der Waals surface area (Å²) in [6.07, 6.45) is 6.75. The van der Waals surface area contributed by atoms with Gasteiger partial charge >= 0.3 is 0 Å². The minimum atomic E-state index is 0.696. The Hall–Kier alpha value is -0.120. The fourth-order valence-corrected chi connectivity index (χ4v) is 3.03. The van der Waals surface area contributed by atoms with Crippen molar-refractivity contribution < 1.29 is 0 Å². The van der Waals surface area contributed by atoms with Crippen LogP contribution >= 0.6 is 0 Å². The third-order valence-corrected chi connectivity index (χ3v) is 4.29. The van der Waals surface area contributed by atoms with Crippen molar-refractivity contribution >= 4 is 0 Å². The molecule has 3 heteroatoms. The molecule has 0 radical (unpaired) electrons. The summed E-state index contributed by atoms with van der Waals surface area (Å²) >= 11 is 0. The number of hydrogen-bond donors (Lipinski definition) is 1. The number of rotatable bonds is 9. The standard InChI is InChI=1S/C16H35N3/c1-5-6-7-10-17-13-15(2)19-11-8-16(9-12-19)14-18(3)4/h15-17H,5-14H2,1-4H3. The van der Waals surface area contributed by atoms with Crippen molar-refractivity contribution in [3.8, 4) is 0 Å². The van der Waals surface area contributed by atoms with Gasteiger partial charge in [-0.25, -0.2) is 0 Å². The van der Waals surface area contributed by atoms with E-state index in [-0.39, 0.29) is 0 Å². The SMILES string of the molecule is CCCCCNCC(C)N1CCC(CN(C)C)CC1. The zero-order valence-electron chi connectivity index (χ0n) is 13.6. The Morgan fingerprint density at radius 2 is 1.89 bits per heavy atom. The lowest BCUT2D eigenvalue weighted by Gasteiger charge is -2.37. The Labute approximate surface area is 120 Å². The Balaban J connectivity index is 2.09. The van der Waals surface area contributed by atoms with Crippen LogP contribution in [0.1, 0.15) is 46.0 Å². The highest BCUT2D eigenvalue weighted by Crippen LogP contribution is 2.19. The van der Waals surface area contributed by atoms with Gasteiger partial charge in [-0.2, -0.15) is 0 Å². The lowest BCUT2D eigenvalue weighted by molar-refractivity contribution is 0.126. The van der Waals surface area contributed by atoms with E-state index < -0.39 is 0 Å². The van der Waals surface area contributed by atoms with Crippen LogP contribution in [0.25, 0.3) is 0 Å². The van der Waals surface area contributed by atoms with Crippen molar-refractivity contribution in [2.24, 2.45) is 5.92 Å². The minimum absolute atomic E-state index is 0.696. The van der Waals surface area contributed by atoms with Gasteiger partial charge in [-0.05, 0) is 65.8 Å². The molecule has 1 aliphatic heterocycles. The molecule has 0 aromatic carbocycles. The Bertz CT molecular complexity index is 210. The van der Waals surface area contributed by atoms with Gasteiger partial charge in [0.25, 0.3) is 0 Å². The van der Waals surface area contributed by atoms with E-state index in [1.54, 1.807) is 0 Å². The molecule has 0 aromatic heterocycles. The molecule has 0 saturated carbocycles. The number of nitrogens with zero attached hydrogens (tertiary/aromatic N) is 2. The summed E-state index contributed by atoms with van der Waals surface area (Å²) in [4.78, 5) is 5.00. The quantitative estimate of drug-likeness (QED) is 0.649. The van der Waals surface area contributed by atoms with E-state index in [9.17, 15) is 0 Å². The maximum Gasteiger partial charge on any atom is 0.0192 e. The van der Waals surface area contributed by atoms with E-state index in [0.717, 1.165) is 12.5 Å². The molecular formula is C16H35N3. The second-order valence-corrected chi connectivity index (χ2v) is 6.50. The van der Waals surface area contributed by atoms with Crippen molar-refractivity contribution in [2.45, 2.75) is 52.0 Å². The second-order valence-electron chi connectivity index (χ2n) is 6.50. The van der Waals surface area contributed by atoms with Gasteiger partial charge in [-0.3, -0.25) is 4.90 Å². The number of unbranched alkanes of at least 4 members (excludes halogenated alkanes) is 2. The first kappa shape index (κ1) is 16.9. The van der Waals surface area contributed by atoms with Gasteiger partial charge in [0, 0.05) is 19.1 Å². The van der Waals surface area contributed by atoms with Crippen LogP contribution in [0.15, 0.2) is 0 Å². The van der Waals surface area contributed by atoms with Crippen LogP contribution in [-0.2, 0) is 0 Å². The topological polar surface area (TPSA) is 18.5 Å². The lowest BCUT2D eigenvalue weighted by atomic mass is 9.95. The maximum atomic E-state index is 3.61. The molecule has 3 nitrogen and oxygen atoms in total. The van der Waals surface area contributed by atoms with Crippen LogP contribution in [0.3, 0.4) is 0 Å². The summed E-state index contributed by atoms with van der Waals surface area (Å²) in [5, 5.41) is 3.61. The molecule has 1 unspecified atom stereocenters. The summed E-state index contributed by atoms with van der Waals surface area (Å²) in [5.74, 6) is 0.913. The van der Waals surface area contributed by atoms with Crippen LogP contribution in [0.2, 0.25) is 0 Å². The fourth-order valence-electron chi connectivity index (χ4n) is 3.03. The van der Waals surface area contributed by atoms with Gasteiger partial charge in [-0.15, -0.1) is 0 Å². The van der Waals surface area contributed by atoms with E-state index in [4.69, 9.17) is 0 Å². The first-order valence-corrected chi connectivity index (χ1v) is 8.23. The van der Waals surface area contributed by atoms with Crippen molar-refractivity contribution in [1.82, 2.24) is 15.1 Å². The third kappa shape index (κ3) is 7.28. The van der Waals surface area contributed by atoms with E-state index in [0.29, 0.717) is 6.04 Å². The smallest absolute Gasteiger partial charge is 0.0192 e. The van der Waals surface area contributed by atoms with Crippen LogP contribution in [0.5, 0.6) is 0 Å². The minimum Gasteiger partial charge on any atom is -0.315 e.